The maximum atomic E-state index is 12.4. The lowest BCUT2D eigenvalue weighted by Gasteiger charge is -2.12. The molecule has 1 amide bonds. The number of hydrogen-bond donors (Lipinski definition) is 2. The molecule has 2 aromatic carbocycles. The van der Waals surface area contributed by atoms with Crippen LogP contribution in [0.1, 0.15) is 22.8 Å². The molecule has 0 bridgehead atoms. The molecule has 0 saturated carbocycles. The van der Waals surface area contributed by atoms with Crippen LogP contribution in [0, 0.1) is 0 Å². The summed E-state index contributed by atoms with van der Waals surface area (Å²) in [5, 5.41) is 12.4. The summed E-state index contributed by atoms with van der Waals surface area (Å²) >= 11 is 0. The molecule has 3 nitrogen and oxygen atoms in total. The molecule has 0 aliphatic heterocycles. The summed E-state index contributed by atoms with van der Waals surface area (Å²) in [6, 6.07) is 13.3. The second-order valence-corrected chi connectivity index (χ2v) is 5.05. The number of carbonyl (C=O) groups excluding carboxylic acids is 1. The van der Waals surface area contributed by atoms with E-state index in [0.29, 0.717) is 17.5 Å². The number of halogens is 3. The van der Waals surface area contributed by atoms with Crippen LogP contribution in [0.5, 0.6) is 0 Å². The number of aliphatic hydroxyl groups excluding tert-OH is 1. The number of rotatable bonds is 5. The van der Waals surface area contributed by atoms with Gasteiger partial charge in [-0.15, -0.1) is 0 Å². The normalized spacial score (nSPS) is 12.7. The first-order valence-electron chi connectivity index (χ1n) is 7.05. The van der Waals surface area contributed by atoms with Gasteiger partial charge in [-0.1, -0.05) is 42.5 Å². The van der Waals surface area contributed by atoms with Crippen LogP contribution in [0.2, 0.25) is 0 Å². The quantitative estimate of drug-likeness (QED) is 0.888. The van der Waals surface area contributed by atoms with E-state index < -0.39 is 23.8 Å². The lowest BCUT2D eigenvalue weighted by atomic mass is 10.1. The molecular formula is C17H16F3NO2. The lowest BCUT2D eigenvalue weighted by Crippen LogP contribution is -2.30. The summed E-state index contributed by atoms with van der Waals surface area (Å²) in [5.74, 6) is -0.539. The van der Waals surface area contributed by atoms with E-state index >= 15 is 0 Å². The average Bonchev–Trinajstić information content (AvgIpc) is 2.54. The highest BCUT2D eigenvalue weighted by atomic mass is 19.4. The van der Waals surface area contributed by atoms with Crippen molar-refractivity contribution in [3.8, 4) is 0 Å². The van der Waals surface area contributed by atoms with E-state index in [2.05, 4.69) is 5.32 Å². The molecule has 2 N–H and O–H groups in total. The third-order valence-electron chi connectivity index (χ3n) is 3.36. The Morgan fingerprint density at radius 3 is 2.22 bits per heavy atom. The van der Waals surface area contributed by atoms with Crippen LogP contribution in [0.15, 0.2) is 54.6 Å². The smallest absolute Gasteiger partial charge is 0.378 e. The topological polar surface area (TPSA) is 49.3 Å². The fraction of sp³-hybridized carbons (Fsp3) is 0.235. The minimum atomic E-state index is -4.35. The van der Waals surface area contributed by atoms with E-state index in [1.54, 1.807) is 30.3 Å². The van der Waals surface area contributed by atoms with Gasteiger partial charge in [0.05, 0.1) is 5.56 Å². The van der Waals surface area contributed by atoms with Crippen LogP contribution in [-0.4, -0.2) is 17.6 Å². The van der Waals surface area contributed by atoms with Gasteiger partial charge in [0.2, 0.25) is 0 Å². The highest BCUT2D eigenvalue weighted by molar-refractivity contribution is 5.81. The number of aliphatic hydroxyl groups is 1. The Hall–Kier alpha value is -2.34. The van der Waals surface area contributed by atoms with Crippen molar-refractivity contribution >= 4 is 5.91 Å². The molecule has 0 fully saturated rings. The van der Waals surface area contributed by atoms with Crippen LogP contribution < -0.4 is 5.32 Å². The molecule has 0 saturated heterocycles. The SMILES string of the molecule is O=C(NCCc1ccc(C(F)(F)F)cc1)C(O)c1ccccc1. The van der Waals surface area contributed by atoms with Crippen molar-refractivity contribution in [1.29, 1.82) is 0 Å². The van der Waals surface area contributed by atoms with Crippen LogP contribution >= 0.6 is 0 Å². The van der Waals surface area contributed by atoms with Gasteiger partial charge in [-0.05, 0) is 29.7 Å². The first-order chi connectivity index (χ1) is 10.9. The summed E-state index contributed by atoms with van der Waals surface area (Å²) in [6.45, 7) is 0.230. The molecule has 0 radical (unpaired) electrons. The number of nitrogens with one attached hydrogen (secondary N) is 1. The van der Waals surface area contributed by atoms with E-state index in [1.807, 2.05) is 0 Å². The van der Waals surface area contributed by atoms with Gasteiger partial charge in [-0.3, -0.25) is 4.79 Å². The van der Waals surface area contributed by atoms with Crippen molar-refractivity contribution in [2.45, 2.75) is 18.7 Å². The molecule has 0 aromatic heterocycles. The summed E-state index contributed by atoms with van der Waals surface area (Å²) in [6.07, 6.45) is -5.23. The highest BCUT2D eigenvalue weighted by Crippen LogP contribution is 2.29. The minimum Gasteiger partial charge on any atom is -0.378 e. The van der Waals surface area contributed by atoms with E-state index in [0.717, 1.165) is 12.1 Å². The first-order valence-corrected chi connectivity index (χ1v) is 7.05. The van der Waals surface area contributed by atoms with Crippen LogP contribution in [-0.2, 0) is 17.4 Å². The molecule has 0 aliphatic rings. The van der Waals surface area contributed by atoms with Crippen LogP contribution in [0.25, 0.3) is 0 Å². The number of benzene rings is 2. The third kappa shape index (κ3) is 4.82. The zero-order valence-electron chi connectivity index (χ0n) is 12.2. The van der Waals surface area contributed by atoms with Gasteiger partial charge >= 0.3 is 6.18 Å². The van der Waals surface area contributed by atoms with Crippen molar-refractivity contribution in [3.05, 3.63) is 71.3 Å². The second kappa shape index (κ2) is 7.28. The molecule has 2 rings (SSSR count). The zero-order valence-corrected chi connectivity index (χ0v) is 12.2. The second-order valence-electron chi connectivity index (χ2n) is 5.05. The Morgan fingerprint density at radius 1 is 1.04 bits per heavy atom. The highest BCUT2D eigenvalue weighted by Gasteiger charge is 2.29. The fourth-order valence-corrected chi connectivity index (χ4v) is 2.07. The standard InChI is InChI=1S/C17H16F3NO2/c18-17(19,20)14-8-6-12(7-9-14)10-11-21-16(23)15(22)13-4-2-1-3-5-13/h1-9,15,22H,10-11H2,(H,21,23). The minimum absolute atomic E-state index is 0.230. The fourth-order valence-electron chi connectivity index (χ4n) is 2.07. The summed E-state index contributed by atoms with van der Waals surface area (Å²) in [7, 11) is 0. The Labute approximate surface area is 131 Å². The largest absolute Gasteiger partial charge is 0.416 e. The van der Waals surface area contributed by atoms with E-state index in [9.17, 15) is 23.1 Å². The molecule has 23 heavy (non-hydrogen) atoms. The van der Waals surface area contributed by atoms with E-state index in [-0.39, 0.29) is 6.54 Å². The van der Waals surface area contributed by atoms with Gasteiger partial charge in [0, 0.05) is 6.54 Å². The Balaban J connectivity index is 1.84. The van der Waals surface area contributed by atoms with Crippen molar-refractivity contribution in [2.75, 3.05) is 6.54 Å². The molecule has 122 valence electrons. The van der Waals surface area contributed by atoms with Gasteiger partial charge in [0.25, 0.3) is 5.91 Å². The lowest BCUT2D eigenvalue weighted by molar-refractivity contribution is -0.137. The molecule has 1 atom stereocenters. The monoisotopic (exact) mass is 323 g/mol. The summed E-state index contributed by atoms with van der Waals surface area (Å²) in [5.41, 5.74) is 0.455. The maximum absolute atomic E-state index is 12.4. The van der Waals surface area contributed by atoms with Crippen molar-refractivity contribution < 1.29 is 23.1 Å². The van der Waals surface area contributed by atoms with Gasteiger partial charge < -0.3 is 10.4 Å². The van der Waals surface area contributed by atoms with Gasteiger partial charge in [-0.25, -0.2) is 0 Å². The van der Waals surface area contributed by atoms with E-state index in [4.69, 9.17) is 0 Å². The predicted molar refractivity (Wildman–Crippen MR) is 79.6 cm³/mol. The molecule has 2 aromatic rings. The number of carbonyl (C=O) groups is 1. The van der Waals surface area contributed by atoms with Crippen LogP contribution in [0.3, 0.4) is 0 Å². The predicted octanol–water partition coefficient (Wildman–Crippen LogP) is 3.10. The summed E-state index contributed by atoms with van der Waals surface area (Å²) in [4.78, 5) is 11.8. The van der Waals surface area contributed by atoms with Gasteiger partial charge in [0.1, 0.15) is 0 Å². The Kier molecular flexibility index (Phi) is 5.39. The Morgan fingerprint density at radius 2 is 1.65 bits per heavy atom. The number of alkyl halides is 3. The molecule has 0 heterocycles. The van der Waals surface area contributed by atoms with Gasteiger partial charge in [-0.2, -0.15) is 13.2 Å². The maximum Gasteiger partial charge on any atom is 0.416 e. The number of hydrogen-bond acceptors (Lipinski definition) is 2. The Bertz CT molecular complexity index is 639. The molecule has 0 aliphatic carbocycles. The van der Waals surface area contributed by atoms with Crippen molar-refractivity contribution in [2.24, 2.45) is 0 Å². The molecular weight excluding hydrogens is 307 g/mol. The summed E-state index contributed by atoms with van der Waals surface area (Å²) < 4.78 is 37.3. The zero-order chi connectivity index (χ0) is 16.9. The average molecular weight is 323 g/mol. The van der Waals surface area contributed by atoms with Crippen LogP contribution in [0.4, 0.5) is 13.2 Å². The third-order valence-corrected chi connectivity index (χ3v) is 3.36. The molecule has 1 unspecified atom stereocenters. The van der Waals surface area contributed by atoms with E-state index in [1.165, 1.54) is 12.1 Å². The van der Waals surface area contributed by atoms with Gasteiger partial charge in [0.15, 0.2) is 6.10 Å². The molecule has 6 heteroatoms. The van der Waals surface area contributed by atoms with Crippen molar-refractivity contribution in [3.63, 3.8) is 0 Å². The molecule has 0 spiro atoms. The van der Waals surface area contributed by atoms with Crippen molar-refractivity contribution in [1.82, 2.24) is 5.32 Å². The first kappa shape index (κ1) is 17.0. The number of amides is 1.